The van der Waals surface area contributed by atoms with E-state index in [1.165, 1.54) is 60.7 Å². The quantitative estimate of drug-likeness (QED) is 0.228. The molecule has 206 valence electrons. The van der Waals surface area contributed by atoms with Gasteiger partial charge in [0.15, 0.2) is 0 Å². The molecule has 0 aromatic heterocycles. The van der Waals surface area contributed by atoms with E-state index in [-0.39, 0.29) is 55.0 Å². The van der Waals surface area contributed by atoms with Gasteiger partial charge in [0.1, 0.15) is 0 Å². The van der Waals surface area contributed by atoms with Gasteiger partial charge in [-0.15, -0.1) is 0 Å². The molecule has 4 rings (SSSR count). The maximum Gasteiger partial charge on any atom is 0.335 e. The third kappa shape index (κ3) is 6.17. The monoisotopic (exact) mass is 596 g/mol. The molecule has 0 spiro atoms. The van der Waals surface area contributed by atoms with Crippen LogP contribution in [0.3, 0.4) is 0 Å². The molecule has 0 aliphatic heterocycles. The first-order valence-electron chi connectivity index (χ1n) is 12.2. The van der Waals surface area contributed by atoms with Crippen LogP contribution in [0, 0.1) is 5.92 Å². The van der Waals surface area contributed by atoms with Gasteiger partial charge in [-0.1, -0.05) is 43.3 Å². The molecule has 1 N–H and O–H groups in total. The molecule has 0 aliphatic carbocycles. The second kappa shape index (κ2) is 11.8. The molecule has 40 heavy (non-hydrogen) atoms. The normalized spacial score (nSPS) is 12.6. The first-order valence-corrected chi connectivity index (χ1v) is 15.5. The van der Waals surface area contributed by atoms with Crippen molar-refractivity contribution < 1.29 is 31.5 Å². The Bertz CT molecular complexity index is 1650. The standard InChI is InChI=1S/C30H25ClO7S2/c1-20(16-23-18-21(29(31)32)12-14-27(23)39(35,36)25-8-4-2-5-9-25)17-24-19-22(30(33)34)13-15-28(24)40(37,38)26-10-6-3-7-11-26/h2-15,18-20H,16-17H2,1H3,(H,33,34)/t20-/m0/s1. The zero-order valence-electron chi connectivity index (χ0n) is 21.3. The second-order valence-electron chi connectivity index (χ2n) is 9.37. The Balaban J connectivity index is 1.76. The highest BCUT2D eigenvalue weighted by Crippen LogP contribution is 2.31. The first kappa shape index (κ1) is 29.2. The van der Waals surface area contributed by atoms with Crippen molar-refractivity contribution in [2.45, 2.75) is 39.3 Å². The van der Waals surface area contributed by atoms with E-state index in [4.69, 9.17) is 11.6 Å². The fourth-order valence-corrected chi connectivity index (χ4v) is 7.66. The van der Waals surface area contributed by atoms with Crippen LogP contribution in [0.4, 0.5) is 0 Å². The molecular formula is C30H25ClO7S2. The minimum atomic E-state index is -3.97. The summed E-state index contributed by atoms with van der Waals surface area (Å²) in [4.78, 5) is 23.7. The maximum absolute atomic E-state index is 13.5. The molecule has 0 heterocycles. The predicted molar refractivity (Wildman–Crippen MR) is 150 cm³/mol. The fourth-order valence-electron chi connectivity index (χ4n) is 4.53. The van der Waals surface area contributed by atoms with Crippen LogP contribution >= 0.6 is 11.6 Å². The van der Waals surface area contributed by atoms with Crippen LogP contribution in [0.15, 0.2) is 117 Å². The van der Waals surface area contributed by atoms with Crippen LogP contribution in [0.2, 0.25) is 0 Å². The number of sulfone groups is 2. The SMILES string of the molecule is C[C@H](Cc1cc(C(=O)O)ccc1S(=O)(=O)c1ccccc1)Cc1cc(C(=O)Cl)ccc1S(=O)(=O)c1ccccc1. The number of hydrogen-bond donors (Lipinski definition) is 1. The summed E-state index contributed by atoms with van der Waals surface area (Å²) in [5.74, 6) is -1.57. The van der Waals surface area contributed by atoms with E-state index in [1.54, 1.807) is 43.3 Å². The Labute approximate surface area is 237 Å². The molecule has 10 heteroatoms. The average Bonchev–Trinajstić information content (AvgIpc) is 2.93. The molecular weight excluding hydrogens is 572 g/mol. The van der Waals surface area contributed by atoms with Crippen molar-refractivity contribution in [3.63, 3.8) is 0 Å². The largest absolute Gasteiger partial charge is 0.478 e. The van der Waals surface area contributed by atoms with E-state index in [0.717, 1.165) is 0 Å². The molecule has 0 aliphatic rings. The lowest BCUT2D eigenvalue weighted by atomic mass is 9.93. The Hall–Kier alpha value is -3.79. The smallest absolute Gasteiger partial charge is 0.335 e. The van der Waals surface area contributed by atoms with Crippen molar-refractivity contribution in [3.05, 3.63) is 119 Å². The average molecular weight is 597 g/mol. The lowest BCUT2D eigenvalue weighted by Crippen LogP contribution is -2.14. The molecule has 0 fully saturated rings. The van der Waals surface area contributed by atoms with E-state index in [9.17, 15) is 31.5 Å². The van der Waals surface area contributed by atoms with Crippen molar-refractivity contribution in [3.8, 4) is 0 Å². The number of carbonyl (C=O) groups excluding carboxylic acids is 1. The van der Waals surface area contributed by atoms with E-state index in [0.29, 0.717) is 5.56 Å². The second-order valence-corrected chi connectivity index (χ2v) is 13.5. The van der Waals surface area contributed by atoms with Crippen LogP contribution in [0.25, 0.3) is 0 Å². The van der Waals surface area contributed by atoms with Crippen LogP contribution in [-0.4, -0.2) is 33.2 Å². The number of carboxylic acids is 1. The zero-order valence-corrected chi connectivity index (χ0v) is 23.7. The molecule has 1 atom stereocenters. The van der Waals surface area contributed by atoms with E-state index in [2.05, 4.69) is 0 Å². The summed E-state index contributed by atoms with van der Waals surface area (Å²) < 4.78 is 53.9. The minimum Gasteiger partial charge on any atom is -0.478 e. The molecule has 0 amide bonds. The number of aromatic carboxylic acids is 1. The summed E-state index contributed by atoms with van der Waals surface area (Å²) >= 11 is 5.69. The van der Waals surface area contributed by atoms with Crippen LogP contribution < -0.4 is 0 Å². The fraction of sp³-hybridized carbons (Fsp3) is 0.133. The van der Waals surface area contributed by atoms with Gasteiger partial charge < -0.3 is 5.11 Å². The van der Waals surface area contributed by atoms with Crippen molar-refractivity contribution in [1.29, 1.82) is 0 Å². The lowest BCUT2D eigenvalue weighted by molar-refractivity contribution is 0.0696. The van der Waals surface area contributed by atoms with Crippen LogP contribution in [0.5, 0.6) is 0 Å². The van der Waals surface area contributed by atoms with Gasteiger partial charge in [0, 0.05) is 5.56 Å². The summed E-state index contributed by atoms with van der Waals surface area (Å²) in [6.07, 6.45) is 0.258. The third-order valence-electron chi connectivity index (χ3n) is 6.42. The molecule has 4 aromatic rings. The summed E-state index contributed by atoms with van der Waals surface area (Å²) in [6, 6.07) is 23.6. The van der Waals surface area contributed by atoms with Crippen LogP contribution in [0.1, 0.15) is 38.8 Å². The number of hydrogen-bond acceptors (Lipinski definition) is 6. The van der Waals surface area contributed by atoms with Gasteiger partial charge in [0.25, 0.3) is 5.24 Å². The lowest BCUT2D eigenvalue weighted by Gasteiger charge is -2.18. The molecule has 0 saturated heterocycles. The van der Waals surface area contributed by atoms with Gasteiger partial charge in [-0.05, 0) is 102 Å². The van der Waals surface area contributed by atoms with E-state index >= 15 is 0 Å². The Kier molecular flexibility index (Phi) is 8.58. The van der Waals surface area contributed by atoms with Gasteiger partial charge in [0.05, 0.1) is 25.1 Å². The van der Waals surface area contributed by atoms with Gasteiger partial charge in [0.2, 0.25) is 19.7 Å². The predicted octanol–water partition coefficient (Wildman–Crippen LogP) is 5.85. The molecule has 0 radical (unpaired) electrons. The summed E-state index contributed by atoms with van der Waals surface area (Å²) in [5.41, 5.74) is 0.672. The summed E-state index contributed by atoms with van der Waals surface area (Å²) in [5, 5.41) is 8.80. The zero-order chi connectivity index (χ0) is 29.1. The Morgan fingerprint density at radius 2 is 1.07 bits per heavy atom. The highest BCUT2D eigenvalue weighted by molar-refractivity contribution is 7.91. The molecule has 4 aromatic carbocycles. The highest BCUT2D eigenvalue weighted by Gasteiger charge is 2.26. The number of carbonyl (C=O) groups is 2. The molecule has 0 bridgehead atoms. The number of benzene rings is 4. The van der Waals surface area contributed by atoms with E-state index in [1.807, 2.05) is 0 Å². The van der Waals surface area contributed by atoms with Gasteiger partial charge >= 0.3 is 5.97 Å². The Morgan fingerprint density at radius 1 is 0.675 bits per heavy atom. The highest BCUT2D eigenvalue weighted by atomic mass is 35.5. The summed E-state index contributed by atoms with van der Waals surface area (Å²) in [7, 11) is -7.91. The number of rotatable bonds is 10. The number of carboxylic acid groups (broad SMARTS) is 1. The van der Waals surface area contributed by atoms with Gasteiger partial charge in [-0.25, -0.2) is 21.6 Å². The van der Waals surface area contributed by atoms with Crippen LogP contribution in [-0.2, 0) is 32.5 Å². The van der Waals surface area contributed by atoms with Gasteiger partial charge in [-0.3, -0.25) is 4.79 Å². The molecule has 0 saturated carbocycles. The third-order valence-corrected chi connectivity index (χ3v) is 10.4. The molecule has 7 nitrogen and oxygen atoms in total. The Morgan fingerprint density at radius 3 is 1.48 bits per heavy atom. The van der Waals surface area contributed by atoms with Crippen molar-refractivity contribution in [2.75, 3.05) is 0 Å². The maximum atomic E-state index is 13.5. The minimum absolute atomic E-state index is 0.00336. The molecule has 0 unspecified atom stereocenters. The van der Waals surface area contributed by atoms with Crippen molar-refractivity contribution >= 4 is 42.5 Å². The van der Waals surface area contributed by atoms with Gasteiger partial charge in [-0.2, -0.15) is 0 Å². The topological polar surface area (TPSA) is 123 Å². The first-order chi connectivity index (χ1) is 18.9. The van der Waals surface area contributed by atoms with E-state index < -0.39 is 30.9 Å². The number of halogens is 1. The van der Waals surface area contributed by atoms with Crippen molar-refractivity contribution in [2.24, 2.45) is 5.92 Å². The van der Waals surface area contributed by atoms with Crippen molar-refractivity contribution in [1.82, 2.24) is 0 Å². The summed E-state index contributed by atoms with van der Waals surface area (Å²) in [6.45, 7) is 1.79.